The minimum atomic E-state index is -0.315. The van der Waals surface area contributed by atoms with Gasteiger partial charge < -0.3 is 0 Å². The zero-order valence-corrected chi connectivity index (χ0v) is 18.2. The first-order chi connectivity index (χ1) is 15.5. The number of Topliss-reactive ketones (excluding diaryl/α,β-unsaturated/α-hetero) is 1. The summed E-state index contributed by atoms with van der Waals surface area (Å²) in [4.78, 5) is 24.7. The van der Waals surface area contributed by atoms with Crippen LogP contribution in [0.25, 0.3) is 33.5 Å². The number of rotatable bonds is 4. The minimum absolute atomic E-state index is 0.0309. The molecule has 8 heteroatoms. The van der Waals surface area contributed by atoms with E-state index in [1.165, 1.54) is 11.5 Å². The molecule has 158 valence electrons. The van der Waals surface area contributed by atoms with Crippen LogP contribution in [-0.2, 0) is 6.42 Å². The Balaban J connectivity index is 1.72. The topological polar surface area (TPSA) is 82.2 Å². The smallest absolute Gasteiger partial charge is 0.285 e. The summed E-state index contributed by atoms with van der Waals surface area (Å²) < 4.78 is 3.15. The number of aromatic nitrogens is 5. The molecule has 0 aliphatic rings. The van der Waals surface area contributed by atoms with E-state index in [1.807, 2.05) is 31.2 Å². The summed E-state index contributed by atoms with van der Waals surface area (Å²) in [6.45, 7) is 3.52. The van der Waals surface area contributed by atoms with Crippen LogP contribution in [0.1, 0.15) is 29.9 Å². The number of carbonyl (C=O) groups is 1. The van der Waals surface area contributed by atoms with Gasteiger partial charge in [-0.2, -0.15) is 5.10 Å². The van der Waals surface area contributed by atoms with Crippen molar-refractivity contribution in [1.29, 1.82) is 0 Å². The fraction of sp³-hybridized carbons (Fsp3) is 0.125. The Hall–Kier alpha value is -3.84. The van der Waals surface area contributed by atoms with Crippen LogP contribution >= 0.6 is 11.6 Å². The second kappa shape index (κ2) is 7.69. The quantitative estimate of drug-likeness (QED) is 0.381. The highest BCUT2D eigenvalue weighted by molar-refractivity contribution is 6.30. The number of hydrogen-bond acceptors (Lipinski definition) is 5. The van der Waals surface area contributed by atoms with Gasteiger partial charge in [0.2, 0.25) is 0 Å². The lowest BCUT2D eigenvalue weighted by Crippen LogP contribution is -2.20. The Morgan fingerprint density at radius 2 is 1.84 bits per heavy atom. The van der Waals surface area contributed by atoms with E-state index in [0.29, 0.717) is 33.9 Å². The molecule has 5 aromatic rings. The Labute approximate surface area is 187 Å². The van der Waals surface area contributed by atoms with Gasteiger partial charge in [-0.1, -0.05) is 30.7 Å². The highest BCUT2D eigenvalue weighted by Crippen LogP contribution is 2.30. The molecule has 32 heavy (non-hydrogen) atoms. The zero-order valence-electron chi connectivity index (χ0n) is 17.4. The van der Waals surface area contributed by atoms with Crippen molar-refractivity contribution in [3.8, 4) is 16.8 Å². The Kier molecular flexibility index (Phi) is 4.83. The number of aryl methyl sites for hydroxylation is 1. The number of fused-ring (bicyclic) bond motifs is 3. The van der Waals surface area contributed by atoms with Gasteiger partial charge in [-0.25, -0.2) is 4.52 Å². The van der Waals surface area contributed by atoms with E-state index in [4.69, 9.17) is 16.7 Å². The van der Waals surface area contributed by atoms with Gasteiger partial charge in [-0.15, -0.1) is 10.2 Å². The molecule has 7 nitrogen and oxygen atoms in total. The number of ketones is 1. The minimum Gasteiger partial charge on any atom is -0.295 e. The van der Waals surface area contributed by atoms with Crippen LogP contribution in [0.2, 0.25) is 5.02 Å². The molecule has 0 bridgehead atoms. The number of carbonyl (C=O) groups excluding carboxylic acids is 1. The maximum Gasteiger partial charge on any atom is 0.285 e. The van der Waals surface area contributed by atoms with E-state index in [9.17, 15) is 9.59 Å². The molecular weight excluding hydrogens is 426 g/mol. The van der Waals surface area contributed by atoms with Crippen molar-refractivity contribution in [3.05, 3.63) is 87.4 Å². The normalized spacial score (nSPS) is 11.3. The highest BCUT2D eigenvalue weighted by atomic mass is 35.5. The van der Waals surface area contributed by atoms with E-state index in [0.717, 1.165) is 16.8 Å². The number of pyridine rings is 1. The van der Waals surface area contributed by atoms with Gasteiger partial charge in [0.1, 0.15) is 5.52 Å². The first kappa shape index (κ1) is 20.1. The molecule has 0 atom stereocenters. The van der Waals surface area contributed by atoms with Gasteiger partial charge >= 0.3 is 0 Å². The second-order valence-corrected chi connectivity index (χ2v) is 7.89. The van der Waals surface area contributed by atoms with Gasteiger partial charge in [0.25, 0.3) is 5.56 Å². The zero-order chi connectivity index (χ0) is 22.4. The second-order valence-electron chi connectivity index (χ2n) is 7.45. The number of benzene rings is 2. The lowest BCUT2D eigenvalue weighted by Gasteiger charge is -2.08. The summed E-state index contributed by atoms with van der Waals surface area (Å²) in [7, 11) is 0. The molecule has 0 fully saturated rings. The van der Waals surface area contributed by atoms with Crippen LogP contribution in [0, 0.1) is 0 Å². The predicted octanol–water partition coefficient (Wildman–Crippen LogP) is 4.51. The molecule has 0 amide bonds. The summed E-state index contributed by atoms with van der Waals surface area (Å²) in [6.07, 6.45) is 2.37. The average molecular weight is 444 g/mol. The first-order valence-corrected chi connectivity index (χ1v) is 10.5. The third kappa shape index (κ3) is 3.18. The summed E-state index contributed by atoms with van der Waals surface area (Å²) in [5.74, 6) is -0.0309. The number of nitrogens with zero attached hydrogens (tertiary/aromatic N) is 5. The molecule has 0 radical (unpaired) electrons. The molecule has 5 rings (SSSR count). The average Bonchev–Trinajstić information content (AvgIpc) is 3.18. The van der Waals surface area contributed by atoms with Gasteiger partial charge in [0, 0.05) is 22.5 Å². The van der Waals surface area contributed by atoms with Crippen molar-refractivity contribution in [3.63, 3.8) is 0 Å². The standard InChI is InChI=1S/C24H18ClN5O2/c1-3-19-21(16-5-4-6-17(25)13-16)23-27-26-22-20(30(23)28-19)11-12-29(24(22)32)18-9-7-15(8-10-18)14(2)31/h4-13H,3H2,1-2H3. The van der Waals surface area contributed by atoms with Crippen molar-refractivity contribution >= 4 is 34.1 Å². The molecule has 2 aromatic carbocycles. The number of halogens is 1. The van der Waals surface area contributed by atoms with E-state index >= 15 is 0 Å². The van der Waals surface area contributed by atoms with Crippen molar-refractivity contribution in [2.75, 3.05) is 0 Å². The fourth-order valence-corrected chi connectivity index (χ4v) is 4.03. The van der Waals surface area contributed by atoms with Crippen LogP contribution in [0.4, 0.5) is 0 Å². The molecule has 0 aliphatic heterocycles. The first-order valence-electron chi connectivity index (χ1n) is 10.1. The van der Waals surface area contributed by atoms with Crippen LogP contribution in [0.3, 0.4) is 0 Å². The fourth-order valence-electron chi connectivity index (χ4n) is 3.84. The number of hydrogen-bond donors (Lipinski definition) is 0. The molecule has 0 saturated heterocycles. The Morgan fingerprint density at radius 1 is 1.06 bits per heavy atom. The molecule has 0 unspecified atom stereocenters. The van der Waals surface area contributed by atoms with Crippen molar-refractivity contribution in [1.82, 2.24) is 24.4 Å². The van der Waals surface area contributed by atoms with Crippen LogP contribution < -0.4 is 5.56 Å². The van der Waals surface area contributed by atoms with Gasteiger partial charge in [0.15, 0.2) is 16.9 Å². The Morgan fingerprint density at radius 3 is 2.53 bits per heavy atom. The SMILES string of the molecule is CCc1nn2c(nnc3c(=O)n(-c4ccc(C(C)=O)cc4)ccc32)c1-c1cccc(Cl)c1. The maximum absolute atomic E-state index is 13.2. The van der Waals surface area contributed by atoms with Crippen LogP contribution in [0.15, 0.2) is 65.6 Å². The lowest BCUT2D eigenvalue weighted by molar-refractivity contribution is 0.101. The summed E-state index contributed by atoms with van der Waals surface area (Å²) in [5.41, 5.74) is 4.85. The third-order valence-electron chi connectivity index (χ3n) is 5.45. The van der Waals surface area contributed by atoms with E-state index in [-0.39, 0.29) is 16.9 Å². The molecule has 0 saturated carbocycles. The molecule has 3 heterocycles. The van der Waals surface area contributed by atoms with Crippen LogP contribution in [-0.4, -0.2) is 30.2 Å². The lowest BCUT2D eigenvalue weighted by atomic mass is 10.0. The molecule has 3 aromatic heterocycles. The van der Waals surface area contributed by atoms with Gasteiger partial charge in [0.05, 0.1) is 11.3 Å². The summed E-state index contributed by atoms with van der Waals surface area (Å²) >= 11 is 6.20. The predicted molar refractivity (Wildman–Crippen MR) is 124 cm³/mol. The van der Waals surface area contributed by atoms with E-state index in [1.54, 1.807) is 41.0 Å². The molecular formula is C24H18ClN5O2. The van der Waals surface area contributed by atoms with Crippen molar-refractivity contribution < 1.29 is 4.79 Å². The monoisotopic (exact) mass is 443 g/mol. The highest BCUT2D eigenvalue weighted by Gasteiger charge is 2.19. The van der Waals surface area contributed by atoms with Gasteiger partial charge in [-0.3, -0.25) is 14.2 Å². The third-order valence-corrected chi connectivity index (χ3v) is 5.69. The largest absolute Gasteiger partial charge is 0.295 e. The van der Waals surface area contributed by atoms with Crippen molar-refractivity contribution in [2.45, 2.75) is 20.3 Å². The molecule has 0 spiro atoms. The van der Waals surface area contributed by atoms with E-state index in [2.05, 4.69) is 10.2 Å². The van der Waals surface area contributed by atoms with Gasteiger partial charge in [-0.05, 0) is 61.4 Å². The summed E-state index contributed by atoms with van der Waals surface area (Å²) in [6, 6.07) is 16.2. The van der Waals surface area contributed by atoms with E-state index < -0.39 is 0 Å². The Bertz CT molecular complexity index is 1570. The summed E-state index contributed by atoms with van der Waals surface area (Å²) in [5, 5.41) is 14.0. The van der Waals surface area contributed by atoms with Crippen molar-refractivity contribution in [2.24, 2.45) is 0 Å². The van der Waals surface area contributed by atoms with Crippen LogP contribution in [0.5, 0.6) is 0 Å². The molecule has 0 N–H and O–H groups in total. The maximum atomic E-state index is 13.2. The molecule has 0 aliphatic carbocycles.